The third kappa shape index (κ3) is 3.45. The van der Waals surface area contributed by atoms with Crippen LogP contribution in [0.4, 0.5) is 0 Å². The summed E-state index contributed by atoms with van der Waals surface area (Å²) in [5.41, 5.74) is 0. The SMILES string of the molecule is COCCC(=O)N1CCC(NC(=O)[C@@H]2C[C@H]3CC[C@H]2C3)CC1. The van der Waals surface area contributed by atoms with Crippen LogP contribution in [0.25, 0.3) is 0 Å². The Morgan fingerprint density at radius 1 is 1.14 bits per heavy atom. The maximum Gasteiger partial charge on any atom is 0.224 e. The van der Waals surface area contributed by atoms with Gasteiger partial charge in [0, 0.05) is 32.2 Å². The topological polar surface area (TPSA) is 58.6 Å². The molecule has 1 saturated heterocycles. The van der Waals surface area contributed by atoms with E-state index in [1.54, 1.807) is 7.11 Å². The molecule has 0 spiro atoms. The van der Waals surface area contributed by atoms with Crippen LogP contribution in [0.2, 0.25) is 0 Å². The molecule has 2 aliphatic carbocycles. The monoisotopic (exact) mass is 308 g/mol. The molecule has 1 N–H and O–H groups in total. The summed E-state index contributed by atoms with van der Waals surface area (Å²) in [6, 6.07) is 0.248. The Hall–Kier alpha value is -1.10. The van der Waals surface area contributed by atoms with Crippen molar-refractivity contribution in [1.29, 1.82) is 0 Å². The second kappa shape index (κ2) is 6.99. The number of carbonyl (C=O) groups is 2. The van der Waals surface area contributed by atoms with Crippen LogP contribution in [-0.4, -0.2) is 49.6 Å². The number of piperidine rings is 1. The molecule has 0 aromatic carbocycles. The van der Waals surface area contributed by atoms with Gasteiger partial charge in [-0.3, -0.25) is 9.59 Å². The standard InChI is InChI=1S/C17H28N2O3/c1-22-9-6-16(20)19-7-4-14(5-8-19)18-17(21)15-11-12-2-3-13(15)10-12/h12-15H,2-11H2,1H3,(H,18,21)/t12-,13-,15+/m0/s1. The molecule has 0 unspecified atom stereocenters. The molecule has 5 nitrogen and oxygen atoms in total. The van der Waals surface area contributed by atoms with Gasteiger partial charge in [0.05, 0.1) is 13.0 Å². The Labute approximate surface area is 132 Å². The summed E-state index contributed by atoms with van der Waals surface area (Å²) in [6.45, 7) is 1.99. The zero-order chi connectivity index (χ0) is 15.5. The first kappa shape index (κ1) is 15.8. The Morgan fingerprint density at radius 3 is 2.50 bits per heavy atom. The lowest BCUT2D eigenvalue weighted by Crippen LogP contribution is -2.48. The van der Waals surface area contributed by atoms with Gasteiger partial charge in [-0.15, -0.1) is 0 Å². The van der Waals surface area contributed by atoms with E-state index in [-0.39, 0.29) is 23.8 Å². The summed E-state index contributed by atoms with van der Waals surface area (Å²) in [5.74, 6) is 2.15. The molecule has 2 amide bonds. The van der Waals surface area contributed by atoms with Crippen LogP contribution in [0, 0.1) is 17.8 Å². The van der Waals surface area contributed by atoms with E-state index < -0.39 is 0 Å². The normalized spacial score (nSPS) is 31.5. The van der Waals surface area contributed by atoms with Crippen LogP contribution < -0.4 is 5.32 Å². The van der Waals surface area contributed by atoms with E-state index in [1.807, 2.05) is 4.90 Å². The van der Waals surface area contributed by atoms with Crippen molar-refractivity contribution in [3.63, 3.8) is 0 Å². The average molecular weight is 308 g/mol. The molecular formula is C17H28N2O3. The van der Waals surface area contributed by atoms with Gasteiger partial charge in [-0.25, -0.2) is 0 Å². The third-order valence-corrected chi connectivity index (χ3v) is 5.79. The molecule has 124 valence electrons. The number of fused-ring (bicyclic) bond motifs is 2. The summed E-state index contributed by atoms with van der Waals surface area (Å²) >= 11 is 0. The van der Waals surface area contributed by atoms with Crippen LogP contribution in [0.15, 0.2) is 0 Å². The minimum Gasteiger partial charge on any atom is -0.384 e. The van der Waals surface area contributed by atoms with Crippen LogP contribution in [0.5, 0.6) is 0 Å². The van der Waals surface area contributed by atoms with Gasteiger partial charge in [0.15, 0.2) is 0 Å². The maximum absolute atomic E-state index is 12.5. The number of amides is 2. The molecule has 1 aliphatic heterocycles. The number of nitrogens with one attached hydrogen (secondary N) is 1. The number of likely N-dealkylation sites (tertiary alicyclic amines) is 1. The number of nitrogens with zero attached hydrogens (tertiary/aromatic N) is 1. The first-order chi connectivity index (χ1) is 10.7. The van der Waals surface area contributed by atoms with Crippen LogP contribution >= 0.6 is 0 Å². The summed E-state index contributed by atoms with van der Waals surface area (Å²) in [6.07, 6.45) is 7.16. The number of ether oxygens (including phenoxy) is 1. The van der Waals surface area contributed by atoms with E-state index in [1.165, 1.54) is 19.3 Å². The number of methoxy groups -OCH3 is 1. The largest absolute Gasteiger partial charge is 0.384 e. The van der Waals surface area contributed by atoms with E-state index >= 15 is 0 Å². The van der Waals surface area contributed by atoms with Gasteiger partial charge < -0.3 is 15.0 Å². The zero-order valence-electron chi connectivity index (χ0n) is 13.6. The average Bonchev–Trinajstić information content (AvgIpc) is 3.16. The van der Waals surface area contributed by atoms with E-state index in [4.69, 9.17) is 4.74 Å². The quantitative estimate of drug-likeness (QED) is 0.838. The Bertz CT molecular complexity index is 418. The minimum atomic E-state index is 0.166. The Kier molecular flexibility index (Phi) is 5.01. The van der Waals surface area contributed by atoms with Gasteiger partial charge in [-0.05, 0) is 43.9 Å². The van der Waals surface area contributed by atoms with Crippen molar-refractivity contribution in [1.82, 2.24) is 10.2 Å². The summed E-state index contributed by atoms with van der Waals surface area (Å²) in [7, 11) is 1.62. The number of hydrogen-bond acceptors (Lipinski definition) is 3. The molecule has 22 heavy (non-hydrogen) atoms. The van der Waals surface area contributed by atoms with Crippen molar-refractivity contribution < 1.29 is 14.3 Å². The summed E-state index contributed by atoms with van der Waals surface area (Å²) in [4.78, 5) is 26.3. The van der Waals surface area contributed by atoms with Gasteiger partial charge in [-0.2, -0.15) is 0 Å². The Balaban J connectivity index is 1.40. The van der Waals surface area contributed by atoms with E-state index in [0.29, 0.717) is 18.9 Å². The van der Waals surface area contributed by atoms with E-state index in [9.17, 15) is 9.59 Å². The molecule has 3 atom stereocenters. The predicted molar refractivity (Wildman–Crippen MR) is 83.2 cm³/mol. The third-order valence-electron chi connectivity index (χ3n) is 5.79. The predicted octanol–water partition coefficient (Wildman–Crippen LogP) is 1.57. The summed E-state index contributed by atoms with van der Waals surface area (Å²) < 4.78 is 4.95. The molecule has 0 radical (unpaired) electrons. The molecule has 3 aliphatic rings. The molecule has 0 aromatic rings. The molecule has 2 bridgehead atoms. The highest BCUT2D eigenvalue weighted by molar-refractivity contribution is 5.80. The van der Waals surface area contributed by atoms with Crippen LogP contribution in [0.1, 0.15) is 44.9 Å². The molecule has 1 heterocycles. The molecule has 5 heteroatoms. The highest BCUT2D eigenvalue weighted by atomic mass is 16.5. The molecule has 3 rings (SSSR count). The number of rotatable bonds is 5. The van der Waals surface area contributed by atoms with Crippen molar-refractivity contribution in [3.8, 4) is 0 Å². The fourth-order valence-electron chi connectivity index (χ4n) is 4.49. The molecular weight excluding hydrogens is 280 g/mol. The van der Waals surface area contributed by atoms with Gasteiger partial charge in [0.25, 0.3) is 0 Å². The molecule has 2 saturated carbocycles. The zero-order valence-corrected chi connectivity index (χ0v) is 13.6. The van der Waals surface area contributed by atoms with Gasteiger partial charge >= 0.3 is 0 Å². The van der Waals surface area contributed by atoms with Crippen molar-refractivity contribution in [2.45, 2.75) is 51.0 Å². The Morgan fingerprint density at radius 2 is 1.91 bits per heavy atom. The van der Waals surface area contributed by atoms with E-state index in [0.717, 1.165) is 38.3 Å². The van der Waals surface area contributed by atoms with Crippen molar-refractivity contribution >= 4 is 11.8 Å². The van der Waals surface area contributed by atoms with Gasteiger partial charge in [0.1, 0.15) is 0 Å². The van der Waals surface area contributed by atoms with Gasteiger partial charge in [-0.1, -0.05) is 6.42 Å². The number of hydrogen-bond donors (Lipinski definition) is 1. The van der Waals surface area contributed by atoms with Crippen molar-refractivity contribution in [3.05, 3.63) is 0 Å². The van der Waals surface area contributed by atoms with Crippen LogP contribution in [-0.2, 0) is 14.3 Å². The lowest BCUT2D eigenvalue weighted by Gasteiger charge is -2.33. The minimum absolute atomic E-state index is 0.166. The lowest BCUT2D eigenvalue weighted by molar-refractivity contribution is -0.133. The second-order valence-corrected chi connectivity index (χ2v) is 7.19. The summed E-state index contributed by atoms with van der Waals surface area (Å²) in [5, 5.41) is 3.25. The van der Waals surface area contributed by atoms with Crippen molar-refractivity contribution in [2.75, 3.05) is 26.8 Å². The highest BCUT2D eigenvalue weighted by Crippen LogP contribution is 2.48. The second-order valence-electron chi connectivity index (χ2n) is 7.19. The van der Waals surface area contributed by atoms with Crippen LogP contribution in [0.3, 0.4) is 0 Å². The number of carbonyl (C=O) groups excluding carboxylic acids is 2. The van der Waals surface area contributed by atoms with E-state index in [2.05, 4.69) is 5.32 Å². The first-order valence-electron chi connectivity index (χ1n) is 8.74. The smallest absolute Gasteiger partial charge is 0.224 e. The van der Waals surface area contributed by atoms with Crippen molar-refractivity contribution in [2.24, 2.45) is 17.8 Å². The maximum atomic E-state index is 12.5. The van der Waals surface area contributed by atoms with Gasteiger partial charge in [0.2, 0.25) is 11.8 Å². The first-order valence-corrected chi connectivity index (χ1v) is 8.74. The molecule has 3 fully saturated rings. The highest BCUT2D eigenvalue weighted by Gasteiger charge is 2.43. The lowest BCUT2D eigenvalue weighted by atomic mass is 9.87. The fraction of sp³-hybridized carbons (Fsp3) is 0.882. The fourth-order valence-corrected chi connectivity index (χ4v) is 4.49. The molecule has 0 aromatic heterocycles.